The van der Waals surface area contributed by atoms with Crippen LogP contribution in [0, 0.1) is 34.0 Å². The van der Waals surface area contributed by atoms with Gasteiger partial charge in [0.15, 0.2) is 5.57 Å². The lowest BCUT2D eigenvalue weighted by Crippen LogP contribution is -2.03. The van der Waals surface area contributed by atoms with E-state index in [9.17, 15) is 4.79 Å². The van der Waals surface area contributed by atoms with E-state index in [0.717, 1.165) is 0 Å². The SMILES string of the molecule is COC(=O)c1ccc(NC(C#N)=C(C#N)C#N)cc1. The third kappa shape index (κ3) is 3.33. The Balaban J connectivity index is 3.00. The summed E-state index contributed by atoms with van der Waals surface area (Å²) in [4.78, 5) is 11.2. The number of nitrogens with one attached hydrogen (secondary N) is 1. The van der Waals surface area contributed by atoms with Crippen LogP contribution in [0.3, 0.4) is 0 Å². The quantitative estimate of drug-likeness (QED) is 0.647. The molecule has 0 atom stereocenters. The van der Waals surface area contributed by atoms with Gasteiger partial charge in [-0.3, -0.25) is 0 Å². The second-order valence-electron chi connectivity index (χ2n) is 3.28. The number of allylic oxidation sites excluding steroid dienone is 2. The van der Waals surface area contributed by atoms with Gasteiger partial charge in [-0.2, -0.15) is 15.8 Å². The summed E-state index contributed by atoms with van der Waals surface area (Å²) in [5.41, 5.74) is 0.388. The first-order chi connectivity index (χ1) is 9.15. The Morgan fingerprint density at radius 3 is 2.11 bits per heavy atom. The van der Waals surface area contributed by atoms with Crippen LogP contribution in [0.1, 0.15) is 10.4 Å². The average molecular weight is 252 g/mol. The summed E-state index contributed by atoms with van der Waals surface area (Å²) in [6.07, 6.45) is 0. The summed E-state index contributed by atoms with van der Waals surface area (Å²) in [6, 6.07) is 11.1. The predicted molar refractivity (Wildman–Crippen MR) is 65.3 cm³/mol. The monoisotopic (exact) mass is 252 g/mol. The van der Waals surface area contributed by atoms with Gasteiger partial charge in [-0.05, 0) is 24.3 Å². The van der Waals surface area contributed by atoms with Gasteiger partial charge in [-0.1, -0.05) is 0 Å². The fourth-order valence-electron chi connectivity index (χ4n) is 1.23. The zero-order chi connectivity index (χ0) is 14.3. The highest BCUT2D eigenvalue weighted by atomic mass is 16.5. The van der Waals surface area contributed by atoms with Gasteiger partial charge < -0.3 is 10.1 Å². The zero-order valence-electron chi connectivity index (χ0n) is 9.97. The van der Waals surface area contributed by atoms with Crippen LogP contribution in [-0.2, 0) is 4.74 Å². The molecule has 19 heavy (non-hydrogen) atoms. The maximum Gasteiger partial charge on any atom is 0.337 e. The maximum atomic E-state index is 11.2. The molecule has 0 saturated heterocycles. The van der Waals surface area contributed by atoms with Crippen LogP contribution in [0.4, 0.5) is 5.69 Å². The zero-order valence-corrected chi connectivity index (χ0v) is 9.97. The highest BCUT2D eigenvalue weighted by Crippen LogP contribution is 2.14. The van der Waals surface area contributed by atoms with E-state index in [4.69, 9.17) is 15.8 Å². The molecule has 92 valence electrons. The van der Waals surface area contributed by atoms with Crippen LogP contribution < -0.4 is 5.32 Å². The second-order valence-corrected chi connectivity index (χ2v) is 3.28. The Hall–Kier alpha value is -3.30. The van der Waals surface area contributed by atoms with Crippen molar-refractivity contribution in [2.45, 2.75) is 0 Å². The van der Waals surface area contributed by atoms with Crippen LogP contribution in [-0.4, -0.2) is 13.1 Å². The summed E-state index contributed by atoms with van der Waals surface area (Å²) < 4.78 is 4.54. The van der Waals surface area contributed by atoms with E-state index in [1.54, 1.807) is 18.2 Å². The first-order valence-corrected chi connectivity index (χ1v) is 5.06. The number of methoxy groups -OCH3 is 1. The minimum Gasteiger partial charge on any atom is -0.465 e. The molecule has 1 aromatic rings. The van der Waals surface area contributed by atoms with Gasteiger partial charge in [0, 0.05) is 5.69 Å². The second kappa shape index (κ2) is 6.44. The Morgan fingerprint density at radius 1 is 1.11 bits per heavy atom. The first kappa shape index (κ1) is 13.8. The predicted octanol–water partition coefficient (Wildman–Crippen LogP) is 1.71. The third-order valence-corrected chi connectivity index (χ3v) is 2.16. The Labute approximate surface area is 109 Å². The van der Waals surface area contributed by atoms with Crippen LogP contribution in [0.25, 0.3) is 0 Å². The van der Waals surface area contributed by atoms with Gasteiger partial charge in [-0.25, -0.2) is 4.79 Å². The highest BCUT2D eigenvalue weighted by Gasteiger charge is 2.07. The van der Waals surface area contributed by atoms with Gasteiger partial charge in [0.05, 0.1) is 12.7 Å². The number of hydrogen-bond acceptors (Lipinski definition) is 6. The van der Waals surface area contributed by atoms with E-state index < -0.39 is 5.97 Å². The standard InChI is InChI=1S/C13H8N4O2/c1-19-13(18)9-2-4-11(5-3-9)17-12(8-16)10(6-14)7-15/h2-5,17H,1H3. The van der Waals surface area contributed by atoms with Gasteiger partial charge in [0.2, 0.25) is 0 Å². The van der Waals surface area contributed by atoms with Gasteiger partial charge in [0.1, 0.15) is 23.9 Å². The van der Waals surface area contributed by atoms with E-state index in [0.29, 0.717) is 11.3 Å². The lowest BCUT2D eigenvalue weighted by Gasteiger charge is -2.05. The van der Waals surface area contributed by atoms with Crippen molar-refractivity contribution in [3.8, 4) is 18.2 Å². The number of hydrogen-bond donors (Lipinski definition) is 1. The topological polar surface area (TPSA) is 110 Å². The third-order valence-electron chi connectivity index (χ3n) is 2.16. The lowest BCUT2D eigenvalue weighted by molar-refractivity contribution is 0.0601. The molecule has 1 N–H and O–H groups in total. The fraction of sp³-hybridized carbons (Fsp3) is 0.0769. The van der Waals surface area contributed by atoms with Crippen LogP contribution in [0.5, 0.6) is 0 Å². The summed E-state index contributed by atoms with van der Waals surface area (Å²) in [5, 5.41) is 28.8. The van der Waals surface area contributed by atoms with E-state index in [2.05, 4.69) is 10.1 Å². The molecule has 0 aliphatic heterocycles. The Morgan fingerprint density at radius 2 is 1.68 bits per heavy atom. The van der Waals surface area contributed by atoms with Crippen LogP contribution in [0.15, 0.2) is 35.5 Å². The number of ether oxygens (including phenoxy) is 1. The highest BCUT2D eigenvalue weighted by molar-refractivity contribution is 5.89. The van der Waals surface area contributed by atoms with Crippen molar-refractivity contribution in [2.75, 3.05) is 12.4 Å². The number of anilines is 1. The summed E-state index contributed by atoms with van der Waals surface area (Å²) in [6.45, 7) is 0. The summed E-state index contributed by atoms with van der Waals surface area (Å²) in [7, 11) is 1.27. The average Bonchev–Trinajstić information content (AvgIpc) is 2.47. The molecule has 0 radical (unpaired) electrons. The maximum absolute atomic E-state index is 11.2. The number of esters is 1. The number of carbonyl (C=O) groups is 1. The number of carbonyl (C=O) groups excluding carboxylic acids is 1. The van der Waals surface area contributed by atoms with Gasteiger partial charge in [0.25, 0.3) is 0 Å². The molecule has 1 rings (SSSR count). The number of nitriles is 3. The van der Waals surface area contributed by atoms with Crippen molar-refractivity contribution in [2.24, 2.45) is 0 Å². The Kier molecular flexibility index (Phi) is 4.66. The summed E-state index contributed by atoms with van der Waals surface area (Å²) >= 11 is 0. The normalized spacial score (nSPS) is 8.32. The molecule has 6 nitrogen and oxygen atoms in total. The first-order valence-electron chi connectivity index (χ1n) is 5.06. The molecule has 0 heterocycles. The molecule has 0 saturated carbocycles. The van der Waals surface area contributed by atoms with E-state index in [1.807, 2.05) is 0 Å². The molecule has 0 aromatic heterocycles. The van der Waals surface area contributed by atoms with E-state index in [1.165, 1.54) is 31.4 Å². The van der Waals surface area contributed by atoms with Crippen molar-refractivity contribution >= 4 is 11.7 Å². The number of nitrogens with zero attached hydrogens (tertiary/aromatic N) is 3. The molecular weight excluding hydrogens is 244 g/mol. The molecule has 0 aliphatic carbocycles. The fourth-order valence-corrected chi connectivity index (χ4v) is 1.23. The number of benzene rings is 1. The van der Waals surface area contributed by atoms with Crippen molar-refractivity contribution in [3.63, 3.8) is 0 Å². The lowest BCUT2D eigenvalue weighted by atomic mass is 10.2. The van der Waals surface area contributed by atoms with Crippen molar-refractivity contribution in [3.05, 3.63) is 41.1 Å². The molecule has 0 aliphatic rings. The van der Waals surface area contributed by atoms with Gasteiger partial charge in [-0.15, -0.1) is 0 Å². The van der Waals surface area contributed by atoms with Crippen molar-refractivity contribution in [1.29, 1.82) is 15.8 Å². The molecule has 0 spiro atoms. The van der Waals surface area contributed by atoms with Crippen LogP contribution in [0.2, 0.25) is 0 Å². The molecule has 1 aromatic carbocycles. The summed E-state index contributed by atoms with van der Waals surface area (Å²) in [5.74, 6) is -0.475. The number of rotatable bonds is 3. The smallest absolute Gasteiger partial charge is 0.337 e. The molecule has 0 bridgehead atoms. The molecule has 0 unspecified atom stereocenters. The van der Waals surface area contributed by atoms with Gasteiger partial charge >= 0.3 is 5.97 Å². The minimum atomic E-state index is -0.475. The molecule has 0 amide bonds. The van der Waals surface area contributed by atoms with Crippen molar-refractivity contribution in [1.82, 2.24) is 0 Å². The molecule has 0 fully saturated rings. The van der Waals surface area contributed by atoms with E-state index >= 15 is 0 Å². The largest absolute Gasteiger partial charge is 0.465 e. The minimum absolute atomic E-state index is 0.143. The molecular formula is C13H8N4O2. The van der Waals surface area contributed by atoms with Crippen molar-refractivity contribution < 1.29 is 9.53 Å². The van der Waals surface area contributed by atoms with Crippen LogP contribution >= 0.6 is 0 Å². The molecule has 6 heteroatoms. The Bertz CT molecular complexity index is 623. The van der Waals surface area contributed by atoms with E-state index in [-0.39, 0.29) is 11.3 Å².